The maximum Gasteiger partial charge on any atom is 0.226 e. The van der Waals surface area contributed by atoms with Crippen LogP contribution in [0.5, 0.6) is 0 Å². The molecule has 6 aliphatic rings. The second-order valence-corrected chi connectivity index (χ2v) is 10.1. The maximum atomic E-state index is 13.2. The molecule has 1 aliphatic heterocycles. The van der Waals surface area contributed by atoms with Gasteiger partial charge in [-0.25, -0.2) is 0 Å². The first-order chi connectivity index (χ1) is 12.6. The van der Waals surface area contributed by atoms with E-state index in [1.165, 1.54) is 24.0 Å². The molecular formula is C23H29NO2. The maximum absolute atomic E-state index is 13.2. The lowest BCUT2D eigenvalue weighted by Crippen LogP contribution is -2.56. The number of benzene rings is 1. The lowest BCUT2D eigenvalue weighted by Gasteiger charge is -2.58. The van der Waals surface area contributed by atoms with Crippen molar-refractivity contribution < 1.29 is 9.90 Å². The molecule has 1 N–H and O–H groups in total. The number of carbonyl (C=O) groups excluding carboxylic acids is 1. The zero-order valence-electron chi connectivity index (χ0n) is 15.4. The van der Waals surface area contributed by atoms with Gasteiger partial charge in [0.2, 0.25) is 5.91 Å². The van der Waals surface area contributed by atoms with Gasteiger partial charge in [0.1, 0.15) is 0 Å². The van der Waals surface area contributed by atoms with Crippen molar-refractivity contribution in [2.45, 2.75) is 50.5 Å². The van der Waals surface area contributed by atoms with Crippen LogP contribution in [0.2, 0.25) is 0 Å². The number of carbonyl (C=O) groups is 1. The summed E-state index contributed by atoms with van der Waals surface area (Å²) in [6.45, 7) is 1.92. The van der Waals surface area contributed by atoms with Crippen LogP contribution in [-0.4, -0.2) is 34.6 Å². The quantitative estimate of drug-likeness (QED) is 0.890. The minimum atomic E-state index is -0.363. The summed E-state index contributed by atoms with van der Waals surface area (Å²) in [6.07, 6.45) is 7.62. The highest BCUT2D eigenvalue weighted by molar-refractivity contribution is 5.82. The van der Waals surface area contributed by atoms with Gasteiger partial charge in [0, 0.05) is 19.0 Å². The molecule has 26 heavy (non-hydrogen) atoms. The minimum Gasteiger partial charge on any atom is -0.390 e. The molecule has 1 amide bonds. The Morgan fingerprint density at radius 1 is 1.00 bits per heavy atom. The van der Waals surface area contributed by atoms with Crippen LogP contribution in [0, 0.1) is 35.5 Å². The van der Waals surface area contributed by atoms with E-state index in [1.54, 1.807) is 0 Å². The van der Waals surface area contributed by atoms with Crippen molar-refractivity contribution in [1.82, 2.24) is 4.90 Å². The molecule has 4 bridgehead atoms. The van der Waals surface area contributed by atoms with Gasteiger partial charge in [0.05, 0.1) is 5.60 Å². The highest BCUT2D eigenvalue weighted by Gasteiger charge is 2.55. The molecule has 0 spiro atoms. The molecular weight excluding hydrogens is 322 g/mol. The number of hydrogen-bond donors (Lipinski definition) is 1. The van der Waals surface area contributed by atoms with E-state index in [-0.39, 0.29) is 11.5 Å². The number of aliphatic hydroxyl groups is 1. The fraction of sp³-hybridized carbons (Fsp3) is 0.696. The second-order valence-electron chi connectivity index (χ2n) is 10.1. The van der Waals surface area contributed by atoms with Crippen molar-refractivity contribution in [3.63, 3.8) is 0 Å². The summed E-state index contributed by atoms with van der Waals surface area (Å²) in [7, 11) is 0. The van der Waals surface area contributed by atoms with E-state index in [1.807, 2.05) is 0 Å². The van der Waals surface area contributed by atoms with Gasteiger partial charge in [-0.3, -0.25) is 4.79 Å². The number of amides is 1. The summed E-state index contributed by atoms with van der Waals surface area (Å²) in [4.78, 5) is 15.4. The van der Waals surface area contributed by atoms with Gasteiger partial charge in [-0.15, -0.1) is 0 Å². The normalized spacial score (nSPS) is 45.7. The van der Waals surface area contributed by atoms with E-state index in [2.05, 4.69) is 29.2 Å². The van der Waals surface area contributed by atoms with E-state index in [0.29, 0.717) is 29.6 Å². The first kappa shape index (κ1) is 15.7. The topological polar surface area (TPSA) is 40.5 Å². The molecule has 0 radical (unpaired) electrons. The van der Waals surface area contributed by atoms with Gasteiger partial charge in [0.15, 0.2) is 0 Å². The molecule has 1 aromatic carbocycles. The van der Waals surface area contributed by atoms with E-state index in [9.17, 15) is 9.90 Å². The van der Waals surface area contributed by atoms with Crippen molar-refractivity contribution >= 4 is 5.91 Å². The van der Waals surface area contributed by atoms with Crippen molar-refractivity contribution in [2.75, 3.05) is 13.1 Å². The monoisotopic (exact) mass is 351 g/mol. The van der Waals surface area contributed by atoms with Crippen LogP contribution in [-0.2, 0) is 17.6 Å². The third-order valence-electron chi connectivity index (χ3n) is 8.56. The minimum absolute atomic E-state index is 0.214. The smallest absolute Gasteiger partial charge is 0.226 e. The number of likely N-dealkylation sites (tertiary alicyclic amines) is 1. The van der Waals surface area contributed by atoms with Gasteiger partial charge in [-0.05, 0) is 85.7 Å². The third kappa shape index (κ3) is 2.25. The Labute approximate surface area is 155 Å². The van der Waals surface area contributed by atoms with Crippen LogP contribution in [0.4, 0.5) is 0 Å². The molecule has 3 heteroatoms. The molecule has 7 rings (SSSR count). The summed E-state index contributed by atoms with van der Waals surface area (Å²) in [5, 5.41) is 10.8. The average Bonchev–Trinajstić information content (AvgIpc) is 2.90. The van der Waals surface area contributed by atoms with Crippen LogP contribution >= 0.6 is 0 Å². The van der Waals surface area contributed by atoms with Crippen LogP contribution in [0.25, 0.3) is 0 Å². The highest BCUT2D eigenvalue weighted by atomic mass is 16.3. The van der Waals surface area contributed by atoms with Crippen molar-refractivity contribution in [3.05, 3.63) is 35.4 Å². The lowest BCUT2D eigenvalue weighted by atomic mass is 9.50. The van der Waals surface area contributed by atoms with Crippen LogP contribution < -0.4 is 0 Å². The molecule has 138 valence electrons. The highest BCUT2D eigenvalue weighted by Crippen LogP contribution is 2.58. The fourth-order valence-electron chi connectivity index (χ4n) is 7.68. The Morgan fingerprint density at radius 3 is 2.38 bits per heavy atom. The van der Waals surface area contributed by atoms with Gasteiger partial charge in [0.25, 0.3) is 0 Å². The summed E-state index contributed by atoms with van der Waals surface area (Å²) < 4.78 is 0. The number of fused-ring (bicyclic) bond motifs is 2. The SMILES string of the molecule is O=C1[C@H]2Cc3ccccc3C[C@H]2CN1C[C@H]1[C@@H]2CC3C[C@H]1C[C@](O)(C3)C2. The van der Waals surface area contributed by atoms with E-state index < -0.39 is 0 Å². The third-order valence-corrected chi connectivity index (χ3v) is 8.56. The van der Waals surface area contributed by atoms with Gasteiger partial charge < -0.3 is 10.0 Å². The molecule has 5 fully saturated rings. The zero-order valence-corrected chi connectivity index (χ0v) is 15.4. The van der Waals surface area contributed by atoms with Crippen LogP contribution in [0.15, 0.2) is 24.3 Å². The zero-order chi connectivity index (χ0) is 17.5. The molecule has 4 saturated carbocycles. The average molecular weight is 351 g/mol. The van der Waals surface area contributed by atoms with Crippen molar-refractivity contribution in [3.8, 4) is 0 Å². The number of rotatable bonds is 2. The second kappa shape index (κ2) is 5.34. The molecule has 5 aliphatic carbocycles. The van der Waals surface area contributed by atoms with Crippen LogP contribution in [0.1, 0.15) is 43.2 Å². The number of hydrogen-bond acceptors (Lipinski definition) is 2. The molecule has 1 unspecified atom stereocenters. The molecule has 1 heterocycles. The van der Waals surface area contributed by atoms with Gasteiger partial charge in [-0.2, -0.15) is 0 Å². The van der Waals surface area contributed by atoms with Gasteiger partial charge >= 0.3 is 0 Å². The summed E-state index contributed by atoms with van der Waals surface area (Å²) in [5.41, 5.74) is 2.48. The summed E-state index contributed by atoms with van der Waals surface area (Å²) >= 11 is 0. The fourth-order valence-corrected chi connectivity index (χ4v) is 7.68. The van der Waals surface area contributed by atoms with Crippen molar-refractivity contribution in [1.29, 1.82) is 0 Å². The summed E-state index contributed by atoms with van der Waals surface area (Å²) in [5.74, 6) is 3.83. The van der Waals surface area contributed by atoms with E-state index in [4.69, 9.17) is 0 Å². The largest absolute Gasteiger partial charge is 0.390 e. The molecule has 1 aromatic rings. The number of nitrogens with zero attached hydrogens (tertiary/aromatic N) is 1. The Kier molecular flexibility index (Phi) is 3.22. The Hall–Kier alpha value is -1.35. The molecule has 7 atom stereocenters. The lowest BCUT2D eigenvalue weighted by molar-refractivity contribution is -0.158. The Bertz CT molecular complexity index is 742. The van der Waals surface area contributed by atoms with Crippen molar-refractivity contribution in [2.24, 2.45) is 35.5 Å². The molecule has 0 aromatic heterocycles. The standard InChI is InChI=1S/C23H29NO2/c25-22-20-8-16-4-2-1-3-15(16)7-19(20)12-24(22)13-21-17-5-14-6-18(21)11-23(26,9-14)10-17/h1-4,14,17-21,26H,5-13H2/t14?,17-,18+,19-,20-,21+,23+/m0/s1. The first-order valence-electron chi connectivity index (χ1n) is 10.7. The van der Waals surface area contributed by atoms with E-state index in [0.717, 1.165) is 51.1 Å². The predicted molar refractivity (Wildman–Crippen MR) is 99.4 cm³/mol. The summed E-state index contributed by atoms with van der Waals surface area (Å²) in [6, 6.07) is 8.69. The van der Waals surface area contributed by atoms with Crippen LogP contribution in [0.3, 0.4) is 0 Å². The Balaban J connectivity index is 1.20. The molecule has 3 nitrogen and oxygen atoms in total. The Morgan fingerprint density at radius 2 is 1.69 bits per heavy atom. The predicted octanol–water partition coefficient (Wildman–Crippen LogP) is 3.05. The van der Waals surface area contributed by atoms with Gasteiger partial charge in [-0.1, -0.05) is 24.3 Å². The first-order valence-corrected chi connectivity index (χ1v) is 10.7. The van der Waals surface area contributed by atoms with E-state index >= 15 is 0 Å². The molecule has 1 saturated heterocycles.